The van der Waals surface area contributed by atoms with Gasteiger partial charge < -0.3 is 4.57 Å². The average Bonchev–Trinajstić information content (AvgIpc) is 2.98. The Morgan fingerprint density at radius 2 is 1.79 bits per heavy atom. The van der Waals surface area contributed by atoms with Crippen LogP contribution in [0.4, 0.5) is 0 Å². The number of thiazole rings is 1. The number of benzene rings is 2. The fraction of sp³-hybridized carbons (Fsp3) is 0.333. The maximum Gasteiger partial charge on any atom is 0.248 e. The summed E-state index contributed by atoms with van der Waals surface area (Å²) >= 11 is 1.49. The number of amides is 1. The lowest BCUT2D eigenvalue weighted by Crippen LogP contribution is -2.16. The van der Waals surface area contributed by atoms with E-state index >= 15 is 0 Å². The molecular formula is C21H24N2O3S2. The molecule has 0 fully saturated rings. The van der Waals surface area contributed by atoms with Gasteiger partial charge in [0.05, 0.1) is 20.9 Å². The fourth-order valence-corrected chi connectivity index (χ4v) is 5.56. The molecule has 0 atom stereocenters. The zero-order valence-corrected chi connectivity index (χ0v) is 17.9. The van der Waals surface area contributed by atoms with Crippen LogP contribution in [0.2, 0.25) is 0 Å². The summed E-state index contributed by atoms with van der Waals surface area (Å²) < 4.78 is 27.8. The zero-order chi connectivity index (χ0) is 20.3. The Hall–Kier alpha value is -2.25. The largest absolute Gasteiger partial charge is 0.317 e. The summed E-state index contributed by atoms with van der Waals surface area (Å²) in [5.74, 6) is -0.345. The molecule has 148 valence electrons. The first-order valence-electron chi connectivity index (χ1n) is 9.28. The Kier molecular flexibility index (Phi) is 6.15. The predicted octanol–water partition coefficient (Wildman–Crippen LogP) is 4.02. The Morgan fingerprint density at radius 3 is 2.46 bits per heavy atom. The number of carbonyl (C=O) groups is 1. The molecule has 3 aromatic rings. The quantitative estimate of drug-likeness (QED) is 0.609. The van der Waals surface area contributed by atoms with E-state index in [-0.39, 0.29) is 24.5 Å². The highest BCUT2D eigenvalue weighted by molar-refractivity contribution is 7.91. The SMILES string of the molecule is CCn1c(=NC(=O)CCCS(=O)(=O)c2ccccc2)sc2cc(C)c(C)cc21. The average molecular weight is 417 g/mol. The minimum Gasteiger partial charge on any atom is -0.317 e. The number of aryl methyl sites for hydroxylation is 3. The normalized spacial score (nSPS) is 12.6. The van der Waals surface area contributed by atoms with Gasteiger partial charge in [-0.3, -0.25) is 4.79 Å². The number of rotatable bonds is 6. The van der Waals surface area contributed by atoms with E-state index in [9.17, 15) is 13.2 Å². The Labute approximate surface area is 169 Å². The van der Waals surface area contributed by atoms with Crippen molar-refractivity contribution in [2.75, 3.05) is 5.75 Å². The maximum atomic E-state index is 12.3. The van der Waals surface area contributed by atoms with Crippen LogP contribution in [0.15, 0.2) is 52.4 Å². The minimum atomic E-state index is -3.37. The van der Waals surface area contributed by atoms with E-state index in [1.807, 2.05) is 11.5 Å². The lowest BCUT2D eigenvalue weighted by atomic mass is 10.1. The molecule has 0 aliphatic rings. The Bertz CT molecular complexity index is 1170. The van der Waals surface area contributed by atoms with Crippen LogP contribution in [0.3, 0.4) is 0 Å². The van der Waals surface area contributed by atoms with Crippen LogP contribution >= 0.6 is 11.3 Å². The van der Waals surface area contributed by atoms with Crippen LogP contribution < -0.4 is 4.80 Å². The monoisotopic (exact) mass is 416 g/mol. The number of carbonyl (C=O) groups excluding carboxylic acids is 1. The van der Waals surface area contributed by atoms with Gasteiger partial charge in [-0.2, -0.15) is 4.99 Å². The third-order valence-corrected chi connectivity index (χ3v) is 7.60. The molecule has 28 heavy (non-hydrogen) atoms. The maximum absolute atomic E-state index is 12.3. The topological polar surface area (TPSA) is 68.5 Å². The molecule has 0 unspecified atom stereocenters. The van der Waals surface area contributed by atoms with E-state index in [1.165, 1.54) is 22.5 Å². The fourth-order valence-electron chi connectivity index (χ4n) is 3.03. The molecule has 0 aliphatic carbocycles. The number of sulfone groups is 1. The van der Waals surface area contributed by atoms with Crippen LogP contribution in [0.5, 0.6) is 0 Å². The molecule has 1 aromatic heterocycles. The lowest BCUT2D eigenvalue weighted by Gasteiger charge is -2.04. The van der Waals surface area contributed by atoms with Crippen molar-refractivity contribution in [1.82, 2.24) is 4.57 Å². The Morgan fingerprint density at radius 1 is 1.11 bits per heavy atom. The summed E-state index contributed by atoms with van der Waals surface area (Å²) in [4.78, 5) is 17.6. The molecule has 3 rings (SSSR count). The van der Waals surface area contributed by atoms with E-state index in [4.69, 9.17) is 0 Å². The Balaban J connectivity index is 1.76. The third kappa shape index (κ3) is 4.42. The third-order valence-electron chi connectivity index (χ3n) is 4.74. The number of nitrogens with zero attached hydrogens (tertiary/aromatic N) is 2. The molecule has 0 radical (unpaired) electrons. The van der Waals surface area contributed by atoms with E-state index in [1.54, 1.807) is 30.3 Å². The summed E-state index contributed by atoms with van der Waals surface area (Å²) in [6.45, 7) is 6.88. The molecule has 0 spiro atoms. The number of aromatic nitrogens is 1. The first-order valence-corrected chi connectivity index (χ1v) is 11.7. The van der Waals surface area contributed by atoms with E-state index < -0.39 is 9.84 Å². The molecule has 2 aromatic carbocycles. The van der Waals surface area contributed by atoms with Gasteiger partial charge in [-0.1, -0.05) is 29.5 Å². The van der Waals surface area contributed by atoms with Crippen LogP contribution in [0, 0.1) is 13.8 Å². The molecule has 0 N–H and O–H groups in total. The molecular weight excluding hydrogens is 392 g/mol. The second-order valence-corrected chi connectivity index (χ2v) is 9.89. The van der Waals surface area contributed by atoms with Gasteiger partial charge in [0.25, 0.3) is 0 Å². The van der Waals surface area contributed by atoms with Gasteiger partial charge in [-0.05, 0) is 62.6 Å². The number of fused-ring (bicyclic) bond motifs is 1. The molecule has 0 saturated heterocycles. The van der Waals surface area contributed by atoms with Crippen molar-refractivity contribution in [2.45, 2.75) is 45.1 Å². The van der Waals surface area contributed by atoms with Crippen molar-refractivity contribution in [3.63, 3.8) is 0 Å². The molecule has 7 heteroatoms. The summed E-state index contributed by atoms with van der Waals surface area (Å²) in [6.07, 6.45) is 0.372. The second-order valence-electron chi connectivity index (χ2n) is 6.77. The first kappa shape index (κ1) is 20.5. The van der Waals surface area contributed by atoms with E-state index in [0.29, 0.717) is 9.70 Å². The summed E-state index contributed by atoms with van der Waals surface area (Å²) in [5, 5.41) is 0. The zero-order valence-electron chi connectivity index (χ0n) is 16.3. The van der Waals surface area contributed by atoms with Crippen molar-refractivity contribution in [1.29, 1.82) is 0 Å². The smallest absolute Gasteiger partial charge is 0.248 e. The van der Waals surface area contributed by atoms with Crippen LogP contribution in [0.25, 0.3) is 10.2 Å². The van der Waals surface area contributed by atoms with Crippen LogP contribution in [0.1, 0.15) is 30.9 Å². The highest BCUT2D eigenvalue weighted by Crippen LogP contribution is 2.22. The van der Waals surface area contributed by atoms with Crippen molar-refractivity contribution >= 4 is 37.3 Å². The lowest BCUT2D eigenvalue weighted by molar-refractivity contribution is -0.118. The van der Waals surface area contributed by atoms with E-state index in [2.05, 4.69) is 31.0 Å². The van der Waals surface area contributed by atoms with Gasteiger partial charge in [0.2, 0.25) is 5.91 Å². The summed E-state index contributed by atoms with van der Waals surface area (Å²) in [6, 6.07) is 12.6. The molecule has 0 aliphatic heterocycles. The van der Waals surface area contributed by atoms with Crippen LogP contribution in [-0.2, 0) is 21.2 Å². The van der Waals surface area contributed by atoms with E-state index in [0.717, 1.165) is 16.8 Å². The number of hydrogen-bond acceptors (Lipinski definition) is 4. The van der Waals surface area contributed by atoms with Gasteiger partial charge in [0.15, 0.2) is 14.6 Å². The van der Waals surface area contributed by atoms with Gasteiger partial charge in [0.1, 0.15) is 0 Å². The first-order chi connectivity index (χ1) is 13.3. The molecule has 1 heterocycles. The molecule has 1 amide bonds. The summed E-state index contributed by atoms with van der Waals surface area (Å²) in [7, 11) is -3.37. The molecule has 0 bridgehead atoms. The van der Waals surface area contributed by atoms with Crippen molar-refractivity contribution in [3.8, 4) is 0 Å². The van der Waals surface area contributed by atoms with Gasteiger partial charge >= 0.3 is 0 Å². The van der Waals surface area contributed by atoms with Crippen molar-refractivity contribution < 1.29 is 13.2 Å². The van der Waals surface area contributed by atoms with Gasteiger partial charge in [-0.25, -0.2) is 8.42 Å². The van der Waals surface area contributed by atoms with Crippen molar-refractivity contribution in [3.05, 3.63) is 58.4 Å². The summed E-state index contributed by atoms with van der Waals surface area (Å²) in [5.41, 5.74) is 3.49. The van der Waals surface area contributed by atoms with Gasteiger partial charge in [0, 0.05) is 13.0 Å². The number of hydrogen-bond donors (Lipinski definition) is 0. The molecule has 0 saturated carbocycles. The molecule has 5 nitrogen and oxygen atoms in total. The highest BCUT2D eigenvalue weighted by atomic mass is 32.2. The van der Waals surface area contributed by atoms with Crippen LogP contribution in [-0.4, -0.2) is 24.6 Å². The predicted molar refractivity (Wildman–Crippen MR) is 113 cm³/mol. The highest BCUT2D eigenvalue weighted by Gasteiger charge is 2.15. The van der Waals surface area contributed by atoms with Crippen molar-refractivity contribution in [2.24, 2.45) is 4.99 Å². The standard InChI is InChI=1S/C21H24N2O3S2/c1-4-23-18-13-15(2)16(3)14-19(18)27-21(23)22-20(24)11-8-12-28(25,26)17-9-6-5-7-10-17/h5-7,9-10,13-14H,4,8,11-12H2,1-3H3. The second kappa shape index (κ2) is 8.41. The minimum absolute atomic E-state index is 0.0587. The van der Waals surface area contributed by atoms with Gasteiger partial charge in [-0.15, -0.1) is 0 Å².